The summed E-state index contributed by atoms with van der Waals surface area (Å²) in [4.78, 5) is 38.9. The highest BCUT2D eigenvalue weighted by Crippen LogP contribution is 2.37. The first-order chi connectivity index (χ1) is 12.1. The summed E-state index contributed by atoms with van der Waals surface area (Å²) >= 11 is 0. The van der Waals surface area contributed by atoms with Crippen LogP contribution in [0.15, 0.2) is 30.5 Å². The van der Waals surface area contributed by atoms with Gasteiger partial charge in [-0.25, -0.2) is 9.59 Å². The fourth-order valence-electron chi connectivity index (χ4n) is 3.84. The van der Waals surface area contributed by atoms with Crippen LogP contribution in [0, 0.1) is 5.92 Å². The molecule has 4 rings (SSSR count). The molecule has 130 valence electrons. The van der Waals surface area contributed by atoms with E-state index in [1.54, 1.807) is 0 Å². The van der Waals surface area contributed by atoms with Gasteiger partial charge in [-0.3, -0.25) is 10.1 Å². The quantitative estimate of drug-likeness (QED) is 0.547. The lowest BCUT2D eigenvalue weighted by Crippen LogP contribution is -2.53. The van der Waals surface area contributed by atoms with Gasteiger partial charge in [0.2, 0.25) is 0 Å². The second kappa shape index (κ2) is 5.80. The molecule has 1 spiro atoms. The Morgan fingerprint density at radius 2 is 2.16 bits per heavy atom. The van der Waals surface area contributed by atoms with Crippen LogP contribution < -0.4 is 21.3 Å². The molecule has 5 N–H and O–H groups in total. The second-order valence-corrected chi connectivity index (χ2v) is 6.58. The molecule has 1 saturated heterocycles. The number of benzene rings is 1. The summed E-state index contributed by atoms with van der Waals surface area (Å²) in [5.74, 6) is -0.407. The molecule has 8 nitrogen and oxygen atoms in total. The van der Waals surface area contributed by atoms with Crippen molar-refractivity contribution < 1.29 is 14.4 Å². The van der Waals surface area contributed by atoms with E-state index in [1.807, 2.05) is 30.5 Å². The maximum atomic E-state index is 12.2. The number of urea groups is 2. The fourth-order valence-corrected chi connectivity index (χ4v) is 3.84. The summed E-state index contributed by atoms with van der Waals surface area (Å²) in [5, 5.41) is 11.7. The van der Waals surface area contributed by atoms with E-state index >= 15 is 0 Å². The highest BCUT2D eigenvalue weighted by molar-refractivity contribution is 6.07. The molecule has 2 aliphatic rings. The summed E-state index contributed by atoms with van der Waals surface area (Å²) in [7, 11) is 0. The van der Waals surface area contributed by atoms with Crippen LogP contribution in [0.5, 0.6) is 0 Å². The van der Waals surface area contributed by atoms with Gasteiger partial charge in [0, 0.05) is 29.9 Å². The monoisotopic (exact) mass is 341 g/mol. The third-order valence-corrected chi connectivity index (χ3v) is 5.11. The average Bonchev–Trinajstić information content (AvgIpc) is 3.25. The van der Waals surface area contributed by atoms with Crippen LogP contribution in [0.25, 0.3) is 10.9 Å². The van der Waals surface area contributed by atoms with Gasteiger partial charge in [0.05, 0.1) is 0 Å². The Morgan fingerprint density at radius 1 is 1.28 bits per heavy atom. The summed E-state index contributed by atoms with van der Waals surface area (Å²) < 4.78 is 0. The molecule has 1 aliphatic heterocycles. The van der Waals surface area contributed by atoms with Crippen molar-refractivity contribution in [3.05, 3.63) is 30.5 Å². The van der Waals surface area contributed by atoms with Gasteiger partial charge in [-0.1, -0.05) is 12.5 Å². The molecular formula is C17H19N5O3. The van der Waals surface area contributed by atoms with E-state index in [2.05, 4.69) is 26.3 Å². The molecule has 2 heterocycles. The summed E-state index contributed by atoms with van der Waals surface area (Å²) in [6.45, 7) is 0.324. The van der Waals surface area contributed by atoms with Crippen molar-refractivity contribution in [3.8, 4) is 0 Å². The number of amides is 5. The molecule has 2 atom stereocenters. The predicted octanol–water partition coefficient (Wildman–Crippen LogP) is 1.67. The molecule has 0 radical (unpaired) electrons. The van der Waals surface area contributed by atoms with Crippen molar-refractivity contribution in [2.45, 2.75) is 24.8 Å². The van der Waals surface area contributed by atoms with Crippen LogP contribution in [0.4, 0.5) is 15.3 Å². The number of carbonyl (C=O) groups is 3. The number of hydrogen-bond acceptors (Lipinski definition) is 3. The zero-order valence-corrected chi connectivity index (χ0v) is 13.5. The van der Waals surface area contributed by atoms with Crippen molar-refractivity contribution in [1.82, 2.24) is 20.9 Å². The first kappa shape index (κ1) is 15.5. The van der Waals surface area contributed by atoms with Gasteiger partial charge in [-0.15, -0.1) is 0 Å². The zero-order valence-electron chi connectivity index (χ0n) is 13.5. The molecular weight excluding hydrogens is 322 g/mol. The minimum atomic E-state index is -0.881. The Morgan fingerprint density at radius 3 is 2.96 bits per heavy atom. The average molecular weight is 341 g/mol. The van der Waals surface area contributed by atoms with Crippen LogP contribution in [-0.4, -0.2) is 35.0 Å². The fraction of sp³-hybridized carbons (Fsp3) is 0.353. The molecule has 1 saturated carbocycles. The van der Waals surface area contributed by atoms with Crippen LogP contribution in [0.2, 0.25) is 0 Å². The number of hydrogen-bond donors (Lipinski definition) is 5. The van der Waals surface area contributed by atoms with Crippen molar-refractivity contribution in [2.75, 3.05) is 11.9 Å². The molecule has 0 bridgehead atoms. The minimum absolute atomic E-state index is 0.115. The van der Waals surface area contributed by atoms with Crippen molar-refractivity contribution >= 4 is 34.6 Å². The lowest BCUT2D eigenvalue weighted by atomic mass is 9.87. The van der Waals surface area contributed by atoms with Crippen molar-refractivity contribution in [3.63, 3.8) is 0 Å². The maximum absolute atomic E-state index is 12.2. The topological polar surface area (TPSA) is 115 Å². The third kappa shape index (κ3) is 2.69. The molecule has 8 heteroatoms. The standard InChI is InChI=1S/C17H19N5O3/c23-14-17(22-16(25)21-14)6-1-2-11(17)9-19-15(24)20-12-4-3-10-5-7-18-13(10)8-12/h3-5,7-8,11,18H,1-2,6,9H2,(H2,19,20,24)(H2,21,22,23,25)/t11-,17-/m1/s1. The molecule has 2 fully saturated rings. The van der Waals surface area contributed by atoms with Crippen LogP contribution in [0.3, 0.4) is 0 Å². The van der Waals surface area contributed by atoms with Gasteiger partial charge < -0.3 is 20.9 Å². The normalized spacial score (nSPS) is 25.2. The number of H-pyrrole nitrogens is 1. The third-order valence-electron chi connectivity index (χ3n) is 5.11. The lowest BCUT2D eigenvalue weighted by Gasteiger charge is -2.28. The number of aromatic amines is 1. The first-order valence-electron chi connectivity index (χ1n) is 8.32. The Labute approximate surface area is 143 Å². The van der Waals surface area contributed by atoms with E-state index in [0.29, 0.717) is 18.7 Å². The van der Waals surface area contributed by atoms with Gasteiger partial charge in [0.25, 0.3) is 5.91 Å². The number of imide groups is 1. The highest BCUT2D eigenvalue weighted by atomic mass is 16.2. The van der Waals surface area contributed by atoms with Crippen molar-refractivity contribution in [2.24, 2.45) is 5.92 Å². The van der Waals surface area contributed by atoms with Gasteiger partial charge in [-0.05, 0) is 36.4 Å². The minimum Gasteiger partial charge on any atom is -0.361 e. The summed E-state index contributed by atoms with van der Waals surface area (Å²) in [5.41, 5.74) is 0.742. The summed E-state index contributed by atoms with van der Waals surface area (Å²) in [6, 6.07) is 6.78. The Bertz CT molecular complexity index is 861. The van der Waals surface area contributed by atoms with Gasteiger partial charge in [-0.2, -0.15) is 0 Å². The highest BCUT2D eigenvalue weighted by Gasteiger charge is 2.54. The largest absolute Gasteiger partial charge is 0.361 e. The van der Waals surface area contributed by atoms with Gasteiger partial charge in [0.15, 0.2) is 0 Å². The lowest BCUT2D eigenvalue weighted by molar-refractivity contribution is -0.125. The van der Waals surface area contributed by atoms with E-state index in [0.717, 1.165) is 23.7 Å². The smallest absolute Gasteiger partial charge is 0.322 e. The van der Waals surface area contributed by atoms with Crippen LogP contribution in [0.1, 0.15) is 19.3 Å². The van der Waals surface area contributed by atoms with Crippen LogP contribution in [-0.2, 0) is 4.79 Å². The number of carbonyl (C=O) groups excluding carboxylic acids is 3. The van der Waals surface area contributed by atoms with Gasteiger partial charge >= 0.3 is 12.1 Å². The van der Waals surface area contributed by atoms with Gasteiger partial charge in [0.1, 0.15) is 5.54 Å². The molecule has 5 amide bonds. The molecule has 1 aromatic carbocycles. The Kier molecular flexibility index (Phi) is 3.60. The van der Waals surface area contributed by atoms with Crippen molar-refractivity contribution in [1.29, 1.82) is 0 Å². The number of rotatable bonds is 3. The number of nitrogens with one attached hydrogen (secondary N) is 5. The maximum Gasteiger partial charge on any atom is 0.322 e. The predicted molar refractivity (Wildman–Crippen MR) is 92.1 cm³/mol. The molecule has 2 aromatic rings. The number of aromatic nitrogens is 1. The second-order valence-electron chi connectivity index (χ2n) is 6.58. The number of anilines is 1. The van der Waals surface area contributed by atoms with E-state index in [-0.39, 0.29) is 17.9 Å². The Hall–Kier alpha value is -3.03. The SMILES string of the molecule is O=C(NC[C@H]1CCC[C@@]12NC(=O)NC2=O)Nc1ccc2cc[nH]c2c1. The van der Waals surface area contributed by atoms with E-state index in [1.165, 1.54) is 0 Å². The Balaban J connectivity index is 1.38. The molecule has 0 unspecified atom stereocenters. The first-order valence-corrected chi connectivity index (χ1v) is 8.32. The molecule has 25 heavy (non-hydrogen) atoms. The number of fused-ring (bicyclic) bond motifs is 1. The zero-order chi connectivity index (χ0) is 17.4. The van der Waals surface area contributed by atoms with E-state index in [9.17, 15) is 14.4 Å². The molecule has 1 aliphatic carbocycles. The van der Waals surface area contributed by atoms with E-state index < -0.39 is 11.6 Å². The van der Waals surface area contributed by atoms with E-state index in [4.69, 9.17) is 0 Å². The van der Waals surface area contributed by atoms with Crippen LogP contribution >= 0.6 is 0 Å². The molecule has 1 aromatic heterocycles. The summed E-state index contributed by atoms with van der Waals surface area (Å²) in [6.07, 6.45) is 4.06.